The van der Waals surface area contributed by atoms with E-state index in [2.05, 4.69) is 10.2 Å². The maximum Gasteiger partial charge on any atom is 0.310 e. The van der Waals surface area contributed by atoms with Crippen molar-refractivity contribution >= 4 is 29.1 Å². The number of cyclic esters (lactones) is 1. The summed E-state index contributed by atoms with van der Waals surface area (Å²) in [5.74, 6) is 1.88. The highest BCUT2D eigenvalue weighted by Crippen LogP contribution is 2.60. The van der Waals surface area contributed by atoms with E-state index in [1.165, 1.54) is 11.3 Å². The molecule has 0 unspecified atom stereocenters. The number of ether oxygens (including phenoxy) is 6. The first-order valence-corrected chi connectivity index (χ1v) is 13.1. The molecule has 1 aliphatic carbocycles. The summed E-state index contributed by atoms with van der Waals surface area (Å²) in [6.45, 7) is 2.42. The van der Waals surface area contributed by atoms with Gasteiger partial charge in [0.1, 0.15) is 5.01 Å². The molecule has 0 saturated carbocycles. The Morgan fingerprint density at radius 3 is 2.25 bits per heavy atom. The van der Waals surface area contributed by atoms with E-state index in [1.807, 2.05) is 31.2 Å². The van der Waals surface area contributed by atoms with Gasteiger partial charge in [0.05, 0.1) is 33.9 Å². The van der Waals surface area contributed by atoms with Crippen LogP contribution in [0.5, 0.6) is 28.7 Å². The molecule has 11 heteroatoms. The lowest BCUT2D eigenvalue weighted by atomic mass is 9.67. The topological polar surface area (TPSA) is 98.2 Å². The minimum absolute atomic E-state index is 0.0726. The van der Waals surface area contributed by atoms with Crippen molar-refractivity contribution in [2.75, 3.05) is 34.7 Å². The quantitative estimate of drug-likeness (QED) is 0.429. The van der Waals surface area contributed by atoms with Crippen LogP contribution in [0.2, 0.25) is 0 Å². The Balaban J connectivity index is 1.56. The Morgan fingerprint density at radius 1 is 0.944 bits per heavy atom. The maximum absolute atomic E-state index is 13.3. The summed E-state index contributed by atoms with van der Waals surface area (Å²) < 4.78 is 34.8. The van der Waals surface area contributed by atoms with Gasteiger partial charge >= 0.3 is 5.97 Å². The van der Waals surface area contributed by atoms with Gasteiger partial charge in [-0.15, -0.1) is 10.2 Å². The number of benzene rings is 2. The van der Waals surface area contributed by atoms with Crippen LogP contribution in [-0.4, -0.2) is 50.9 Å². The molecule has 0 amide bonds. The fourth-order valence-corrected chi connectivity index (χ4v) is 7.72. The number of aryl methyl sites for hydroxylation is 1. The molecule has 36 heavy (non-hydrogen) atoms. The van der Waals surface area contributed by atoms with Crippen LogP contribution < -0.4 is 23.7 Å². The van der Waals surface area contributed by atoms with E-state index in [0.29, 0.717) is 35.4 Å². The second kappa shape index (κ2) is 9.04. The van der Waals surface area contributed by atoms with Crippen molar-refractivity contribution in [3.05, 3.63) is 46.0 Å². The van der Waals surface area contributed by atoms with Gasteiger partial charge in [0.2, 0.25) is 12.5 Å². The highest BCUT2D eigenvalue weighted by Gasteiger charge is 2.53. The fourth-order valence-electron chi connectivity index (χ4n) is 5.38. The second-order valence-corrected chi connectivity index (χ2v) is 11.3. The van der Waals surface area contributed by atoms with Gasteiger partial charge < -0.3 is 28.4 Å². The van der Waals surface area contributed by atoms with Gasteiger partial charge in [0.15, 0.2) is 27.3 Å². The smallest absolute Gasteiger partial charge is 0.310 e. The number of hydrogen-bond acceptors (Lipinski definition) is 11. The van der Waals surface area contributed by atoms with Gasteiger partial charge in [-0.3, -0.25) is 4.79 Å². The first-order chi connectivity index (χ1) is 17.5. The third-order valence-electron chi connectivity index (χ3n) is 6.90. The molecule has 0 bridgehead atoms. The van der Waals surface area contributed by atoms with Crippen molar-refractivity contribution in [2.45, 2.75) is 22.4 Å². The summed E-state index contributed by atoms with van der Waals surface area (Å²) in [7, 11) is 4.73. The summed E-state index contributed by atoms with van der Waals surface area (Å²) in [5.41, 5.74) is 2.91. The second-order valence-electron chi connectivity index (χ2n) is 8.72. The fraction of sp³-hybridized carbons (Fsp3) is 0.400. The third kappa shape index (κ3) is 3.64. The molecule has 1 saturated heterocycles. The van der Waals surface area contributed by atoms with Crippen LogP contribution in [0.4, 0.5) is 0 Å². The monoisotopic (exact) mass is 528 g/mol. The largest absolute Gasteiger partial charge is 0.493 e. The molecule has 1 aromatic heterocycles. The van der Waals surface area contributed by atoms with Crippen LogP contribution in [0.1, 0.15) is 32.9 Å². The minimum atomic E-state index is -0.410. The van der Waals surface area contributed by atoms with Crippen LogP contribution in [-0.2, 0) is 9.53 Å². The number of carbonyl (C=O) groups is 1. The molecule has 188 valence electrons. The number of esters is 1. The van der Waals surface area contributed by atoms with Crippen molar-refractivity contribution in [2.24, 2.45) is 11.8 Å². The first kappa shape index (κ1) is 23.2. The van der Waals surface area contributed by atoms with Crippen molar-refractivity contribution in [1.82, 2.24) is 10.2 Å². The van der Waals surface area contributed by atoms with E-state index in [-0.39, 0.29) is 29.8 Å². The summed E-state index contributed by atoms with van der Waals surface area (Å²) in [4.78, 5) is 13.3. The Morgan fingerprint density at radius 2 is 1.64 bits per heavy atom. The molecule has 3 heterocycles. The number of nitrogens with zero attached hydrogens (tertiary/aromatic N) is 2. The van der Waals surface area contributed by atoms with Crippen LogP contribution in [0.15, 0.2) is 28.6 Å². The Labute approximate surface area is 216 Å². The number of hydrogen-bond donors (Lipinski definition) is 0. The lowest BCUT2D eigenvalue weighted by Crippen LogP contribution is -2.33. The van der Waals surface area contributed by atoms with Crippen molar-refractivity contribution in [3.8, 4) is 28.7 Å². The number of fused-ring (bicyclic) bond motifs is 3. The van der Waals surface area contributed by atoms with Gasteiger partial charge in [-0.1, -0.05) is 23.1 Å². The van der Waals surface area contributed by atoms with Crippen molar-refractivity contribution in [1.29, 1.82) is 0 Å². The summed E-state index contributed by atoms with van der Waals surface area (Å²) in [6, 6.07) is 7.84. The van der Waals surface area contributed by atoms with Gasteiger partial charge in [-0.2, -0.15) is 0 Å². The Bertz CT molecular complexity index is 1320. The van der Waals surface area contributed by atoms with Gasteiger partial charge in [-0.25, -0.2) is 0 Å². The Kier molecular flexibility index (Phi) is 5.83. The summed E-state index contributed by atoms with van der Waals surface area (Å²) in [5, 5.41) is 9.33. The highest BCUT2D eigenvalue weighted by molar-refractivity contribution is 8.01. The molecule has 9 nitrogen and oxygen atoms in total. The number of rotatable bonds is 6. The average molecular weight is 529 g/mol. The predicted molar refractivity (Wildman–Crippen MR) is 132 cm³/mol. The van der Waals surface area contributed by atoms with E-state index < -0.39 is 5.92 Å². The van der Waals surface area contributed by atoms with Crippen LogP contribution >= 0.6 is 23.1 Å². The van der Waals surface area contributed by atoms with E-state index in [9.17, 15) is 4.79 Å². The predicted octanol–water partition coefficient (Wildman–Crippen LogP) is 4.37. The number of carbonyl (C=O) groups excluding carboxylic acids is 1. The molecule has 3 aliphatic rings. The number of methoxy groups -OCH3 is 3. The van der Waals surface area contributed by atoms with E-state index in [0.717, 1.165) is 26.0 Å². The van der Waals surface area contributed by atoms with Gasteiger partial charge in [0, 0.05) is 17.1 Å². The molecular formula is C25H24N2O7S2. The lowest BCUT2D eigenvalue weighted by molar-refractivity contribution is -0.141. The van der Waals surface area contributed by atoms with Crippen molar-refractivity contribution in [3.63, 3.8) is 0 Å². The highest BCUT2D eigenvalue weighted by atomic mass is 32.2. The standard InChI is InChI=1S/C25H24N2O7S2/c1-11-26-27-25(35-11)36-23-14-8-17-16(33-10-34-17)7-13(14)20(21-15(23)9-32-24(21)28)12-5-18(29-2)22(31-4)19(6-12)30-3/h5-8,15,20-21,23H,9-10H2,1-4H3/t15-,20+,21-,23+/m0/s1. The SMILES string of the molecule is COc1cc([C@@H]2c3cc4c(cc3[C@@H](Sc3nnc(C)s3)[C@H]3COC(=O)[C@H]23)OCO4)cc(OC)c1OC. The van der Waals surface area contributed by atoms with E-state index in [4.69, 9.17) is 28.4 Å². The normalized spacial score (nSPS) is 23.6. The molecule has 1 fully saturated rings. The zero-order chi connectivity index (χ0) is 25.0. The first-order valence-electron chi connectivity index (χ1n) is 11.4. The zero-order valence-electron chi connectivity index (χ0n) is 20.1. The maximum atomic E-state index is 13.3. The van der Waals surface area contributed by atoms with E-state index in [1.54, 1.807) is 33.1 Å². The Hall–Kier alpha value is -3.18. The molecule has 3 aromatic rings. The number of aromatic nitrogens is 2. The molecule has 2 aliphatic heterocycles. The molecular weight excluding hydrogens is 504 g/mol. The van der Waals surface area contributed by atoms with Crippen LogP contribution in [0.3, 0.4) is 0 Å². The van der Waals surface area contributed by atoms with Gasteiger partial charge in [0.25, 0.3) is 0 Å². The van der Waals surface area contributed by atoms with Crippen LogP contribution in [0, 0.1) is 18.8 Å². The molecule has 4 atom stereocenters. The molecule has 2 aromatic carbocycles. The molecule has 6 rings (SSSR count). The van der Waals surface area contributed by atoms with Crippen molar-refractivity contribution < 1.29 is 33.2 Å². The summed E-state index contributed by atoms with van der Waals surface area (Å²) >= 11 is 3.16. The minimum Gasteiger partial charge on any atom is -0.493 e. The number of thioether (sulfide) groups is 1. The molecule has 0 radical (unpaired) electrons. The van der Waals surface area contributed by atoms with Crippen LogP contribution in [0.25, 0.3) is 0 Å². The average Bonchev–Trinajstić information content (AvgIpc) is 3.62. The van der Waals surface area contributed by atoms with E-state index >= 15 is 0 Å². The molecule has 0 N–H and O–H groups in total. The third-order valence-corrected chi connectivity index (χ3v) is 9.21. The summed E-state index contributed by atoms with van der Waals surface area (Å²) in [6.07, 6.45) is 0. The lowest BCUT2D eigenvalue weighted by Gasteiger charge is -2.38. The zero-order valence-corrected chi connectivity index (χ0v) is 21.7. The van der Waals surface area contributed by atoms with Gasteiger partial charge in [-0.05, 0) is 47.9 Å². The molecule has 0 spiro atoms.